The van der Waals surface area contributed by atoms with E-state index in [0.29, 0.717) is 43.2 Å². The Morgan fingerprint density at radius 1 is 1.11 bits per heavy atom. The van der Waals surface area contributed by atoms with Gasteiger partial charge in [0.15, 0.2) is 5.69 Å². The maximum absolute atomic E-state index is 14.5. The summed E-state index contributed by atoms with van der Waals surface area (Å²) in [6.45, 7) is 1.82. The minimum Gasteiger partial charge on any atom is -0.495 e. The summed E-state index contributed by atoms with van der Waals surface area (Å²) in [7, 11) is 1.53. The fourth-order valence-corrected chi connectivity index (χ4v) is 4.78. The number of alkyl halides is 3. The van der Waals surface area contributed by atoms with Crippen LogP contribution in [0.5, 0.6) is 5.75 Å². The fourth-order valence-electron chi connectivity index (χ4n) is 4.24. The third-order valence-electron chi connectivity index (χ3n) is 6.09. The van der Waals surface area contributed by atoms with Crippen LogP contribution >= 0.6 is 23.2 Å². The maximum atomic E-state index is 14.5. The summed E-state index contributed by atoms with van der Waals surface area (Å²) in [5.41, 5.74) is -0.778. The number of hydrogen-bond donors (Lipinski definition) is 0. The summed E-state index contributed by atoms with van der Waals surface area (Å²) < 4.78 is 61.4. The van der Waals surface area contributed by atoms with Gasteiger partial charge in [-0.05, 0) is 24.3 Å². The van der Waals surface area contributed by atoms with Crippen LogP contribution < -0.4 is 9.64 Å². The molecule has 4 rings (SSSR count). The molecule has 1 aliphatic rings. The molecule has 2 heterocycles. The summed E-state index contributed by atoms with van der Waals surface area (Å²) in [4.78, 5) is 16.0. The molecule has 2 aromatic carbocycles. The monoisotopic (exact) mass is 544 g/mol. The number of piperazine rings is 1. The van der Waals surface area contributed by atoms with Gasteiger partial charge >= 0.3 is 6.18 Å². The molecule has 0 amide bonds. The van der Waals surface area contributed by atoms with Crippen molar-refractivity contribution >= 4 is 35.2 Å². The third kappa shape index (κ3) is 5.30. The van der Waals surface area contributed by atoms with Gasteiger partial charge in [-0.25, -0.2) is 4.39 Å². The Morgan fingerprint density at radius 3 is 2.42 bits per heavy atom. The highest BCUT2D eigenvalue weighted by molar-refractivity contribution is 6.34. The van der Waals surface area contributed by atoms with Crippen molar-refractivity contribution in [2.45, 2.75) is 18.8 Å². The molecule has 1 aliphatic heterocycles. The van der Waals surface area contributed by atoms with Crippen LogP contribution in [0.3, 0.4) is 0 Å². The van der Waals surface area contributed by atoms with Crippen LogP contribution in [0.4, 0.5) is 23.2 Å². The van der Waals surface area contributed by atoms with Crippen molar-refractivity contribution in [3.63, 3.8) is 0 Å². The second kappa shape index (κ2) is 10.7. The molecule has 0 bridgehead atoms. The molecule has 36 heavy (non-hydrogen) atoms. The summed E-state index contributed by atoms with van der Waals surface area (Å²) in [6.07, 6.45) is -4.18. The molecule has 1 aromatic heterocycles. The van der Waals surface area contributed by atoms with Crippen molar-refractivity contribution in [1.82, 2.24) is 14.7 Å². The van der Waals surface area contributed by atoms with Crippen molar-refractivity contribution in [3.8, 4) is 17.0 Å². The quantitative estimate of drug-likeness (QED) is 0.294. The van der Waals surface area contributed by atoms with E-state index in [0.717, 1.165) is 16.4 Å². The molecule has 1 atom stereocenters. The second-order valence-electron chi connectivity index (χ2n) is 8.22. The predicted molar refractivity (Wildman–Crippen MR) is 129 cm³/mol. The summed E-state index contributed by atoms with van der Waals surface area (Å²) in [5, 5.41) is 3.42. The number of rotatable bonds is 7. The summed E-state index contributed by atoms with van der Waals surface area (Å²) >= 11 is 12.2. The Bertz CT molecular complexity index is 1240. The Kier molecular flexibility index (Phi) is 7.77. The first kappa shape index (κ1) is 26.2. The van der Waals surface area contributed by atoms with Gasteiger partial charge in [0.2, 0.25) is 0 Å². The van der Waals surface area contributed by atoms with E-state index in [-0.39, 0.29) is 17.8 Å². The zero-order chi connectivity index (χ0) is 26.0. The topological polar surface area (TPSA) is 50.6 Å². The van der Waals surface area contributed by atoms with Gasteiger partial charge in [0, 0.05) is 43.5 Å². The van der Waals surface area contributed by atoms with Gasteiger partial charge in [0.1, 0.15) is 17.9 Å². The van der Waals surface area contributed by atoms with Crippen LogP contribution in [0.2, 0.25) is 10.0 Å². The van der Waals surface area contributed by atoms with Crippen molar-refractivity contribution in [2.75, 3.05) is 38.2 Å². The molecule has 12 heteroatoms. The van der Waals surface area contributed by atoms with E-state index in [1.54, 1.807) is 6.07 Å². The Hall–Kier alpha value is -2.82. The number of ether oxygens (including phenoxy) is 1. The molecule has 0 spiro atoms. The number of nitrogens with zero attached hydrogens (tertiary/aromatic N) is 4. The standard InChI is InChI=1S/C24H22Cl2F4N4O2/c1-36-20-12-15(6-7-18(20)25)32-8-10-33(11-9-32)16(14-35)13-34-22(17-4-2-3-5-19(17)27)21(26)23(31-34)24(28,29)30/h2-7,12,14,16H,8-11,13H2,1H3. The molecule has 1 unspecified atom stereocenters. The van der Waals surface area contributed by atoms with Gasteiger partial charge in [-0.15, -0.1) is 0 Å². The minimum atomic E-state index is -4.84. The lowest BCUT2D eigenvalue weighted by molar-refractivity contribution is -0.141. The number of aromatic nitrogens is 2. The van der Waals surface area contributed by atoms with Crippen molar-refractivity contribution in [3.05, 3.63) is 64.0 Å². The number of carbonyl (C=O) groups excluding carboxylic acids is 1. The third-order valence-corrected chi connectivity index (χ3v) is 6.76. The van der Waals surface area contributed by atoms with E-state index in [2.05, 4.69) is 10.00 Å². The summed E-state index contributed by atoms with van der Waals surface area (Å²) in [6, 6.07) is 9.98. The second-order valence-corrected chi connectivity index (χ2v) is 9.00. The average Bonchev–Trinajstić information content (AvgIpc) is 3.19. The SMILES string of the molecule is COc1cc(N2CCN(C(C=O)Cn3nc(C(F)(F)F)c(Cl)c3-c3ccccc3F)CC2)ccc1Cl. The zero-order valence-corrected chi connectivity index (χ0v) is 20.6. The molecule has 3 aromatic rings. The maximum Gasteiger partial charge on any atom is 0.436 e. The number of anilines is 1. The molecule has 6 nitrogen and oxygen atoms in total. The van der Waals surface area contributed by atoms with Gasteiger partial charge in [0.25, 0.3) is 0 Å². The Morgan fingerprint density at radius 2 is 1.81 bits per heavy atom. The predicted octanol–water partition coefficient (Wildman–Crippen LogP) is 5.41. The highest BCUT2D eigenvalue weighted by atomic mass is 35.5. The lowest BCUT2D eigenvalue weighted by Gasteiger charge is -2.38. The number of hydrogen-bond acceptors (Lipinski definition) is 5. The van der Waals surface area contributed by atoms with Gasteiger partial charge in [-0.3, -0.25) is 9.58 Å². The van der Waals surface area contributed by atoms with Crippen LogP contribution in [0, 0.1) is 5.82 Å². The van der Waals surface area contributed by atoms with E-state index in [1.165, 1.54) is 25.3 Å². The number of halogens is 6. The first-order valence-corrected chi connectivity index (χ1v) is 11.8. The van der Waals surface area contributed by atoms with E-state index in [9.17, 15) is 22.4 Å². The van der Waals surface area contributed by atoms with Gasteiger partial charge in [0.05, 0.1) is 35.4 Å². The first-order chi connectivity index (χ1) is 17.1. The van der Waals surface area contributed by atoms with Crippen molar-refractivity contribution in [2.24, 2.45) is 0 Å². The van der Waals surface area contributed by atoms with Crippen LogP contribution in [-0.2, 0) is 17.5 Å². The van der Waals surface area contributed by atoms with Crippen molar-refractivity contribution < 1.29 is 27.1 Å². The molecular formula is C24H22Cl2F4N4O2. The molecule has 192 valence electrons. The van der Waals surface area contributed by atoms with Gasteiger partial charge in [-0.1, -0.05) is 35.3 Å². The average molecular weight is 545 g/mol. The lowest BCUT2D eigenvalue weighted by Crippen LogP contribution is -2.52. The van der Waals surface area contributed by atoms with E-state index < -0.39 is 28.8 Å². The number of methoxy groups -OCH3 is 1. The lowest BCUT2D eigenvalue weighted by atomic mass is 10.1. The van der Waals surface area contributed by atoms with Crippen LogP contribution in [-0.4, -0.2) is 60.3 Å². The smallest absolute Gasteiger partial charge is 0.436 e. The van der Waals surface area contributed by atoms with Crippen LogP contribution in [0.1, 0.15) is 5.69 Å². The normalized spacial score (nSPS) is 15.7. The van der Waals surface area contributed by atoms with E-state index in [1.807, 2.05) is 17.0 Å². The van der Waals surface area contributed by atoms with Crippen molar-refractivity contribution in [1.29, 1.82) is 0 Å². The molecule has 0 radical (unpaired) electrons. The highest BCUT2D eigenvalue weighted by Crippen LogP contribution is 2.40. The van der Waals surface area contributed by atoms with Gasteiger partial charge in [-0.2, -0.15) is 18.3 Å². The fraction of sp³-hybridized carbons (Fsp3) is 0.333. The van der Waals surface area contributed by atoms with Crippen LogP contribution in [0.25, 0.3) is 11.3 Å². The first-order valence-electron chi connectivity index (χ1n) is 11.0. The number of benzene rings is 2. The number of carbonyl (C=O) groups is 1. The molecule has 0 aliphatic carbocycles. The highest BCUT2D eigenvalue weighted by Gasteiger charge is 2.40. The van der Waals surface area contributed by atoms with Crippen LogP contribution in [0.15, 0.2) is 42.5 Å². The summed E-state index contributed by atoms with van der Waals surface area (Å²) in [5.74, 6) is -0.206. The Balaban J connectivity index is 1.57. The minimum absolute atomic E-state index is 0.128. The largest absolute Gasteiger partial charge is 0.495 e. The van der Waals surface area contributed by atoms with E-state index >= 15 is 0 Å². The number of aldehydes is 1. The molecule has 0 N–H and O–H groups in total. The molecule has 1 saturated heterocycles. The Labute approximate surface area is 214 Å². The molecule has 1 fully saturated rings. The zero-order valence-electron chi connectivity index (χ0n) is 19.1. The van der Waals surface area contributed by atoms with Gasteiger partial charge < -0.3 is 14.4 Å². The molecular weight excluding hydrogens is 523 g/mol. The van der Waals surface area contributed by atoms with E-state index in [4.69, 9.17) is 27.9 Å². The molecule has 0 saturated carbocycles.